The summed E-state index contributed by atoms with van der Waals surface area (Å²) in [5, 5.41) is 6.65. The fourth-order valence-electron chi connectivity index (χ4n) is 2.84. The molecule has 106 valence electrons. The molecule has 1 aliphatic rings. The van der Waals surface area contributed by atoms with Gasteiger partial charge in [0.15, 0.2) is 0 Å². The number of anilines is 2. The number of nitrogens with zero attached hydrogens (tertiary/aromatic N) is 2. The molecule has 4 nitrogen and oxygen atoms in total. The lowest BCUT2D eigenvalue weighted by Crippen LogP contribution is -2.08. The summed E-state index contributed by atoms with van der Waals surface area (Å²) in [6.07, 6.45) is 8.36. The van der Waals surface area contributed by atoms with Crippen LogP contribution in [-0.2, 0) is 0 Å². The average molecular weight is 262 g/mol. The quantitative estimate of drug-likeness (QED) is 0.737. The zero-order valence-electron chi connectivity index (χ0n) is 12.2. The van der Waals surface area contributed by atoms with Gasteiger partial charge in [0.2, 0.25) is 0 Å². The SMILES string of the molecule is CCNc1cc(NCCCC2CCCC2)nc(C)n1. The van der Waals surface area contributed by atoms with E-state index in [1.807, 2.05) is 13.0 Å². The maximum atomic E-state index is 4.42. The van der Waals surface area contributed by atoms with Crippen LogP contribution in [0.5, 0.6) is 0 Å². The molecule has 1 aromatic rings. The number of hydrogen-bond acceptors (Lipinski definition) is 4. The third-order valence-electron chi connectivity index (χ3n) is 3.77. The lowest BCUT2D eigenvalue weighted by atomic mass is 10.0. The molecule has 0 spiro atoms. The minimum atomic E-state index is 0.816. The van der Waals surface area contributed by atoms with Crippen molar-refractivity contribution in [3.63, 3.8) is 0 Å². The first-order valence-electron chi connectivity index (χ1n) is 7.61. The second-order valence-corrected chi connectivity index (χ2v) is 5.44. The molecule has 1 aliphatic carbocycles. The van der Waals surface area contributed by atoms with E-state index in [-0.39, 0.29) is 0 Å². The van der Waals surface area contributed by atoms with E-state index < -0.39 is 0 Å². The van der Waals surface area contributed by atoms with E-state index in [1.165, 1.54) is 38.5 Å². The summed E-state index contributed by atoms with van der Waals surface area (Å²) in [7, 11) is 0. The van der Waals surface area contributed by atoms with Gasteiger partial charge in [-0.05, 0) is 32.6 Å². The zero-order chi connectivity index (χ0) is 13.5. The summed E-state index contributed by atoms with van der Waals surface area (Å²) in [4.78, 5) is 8.78. The molecule has 0 aromatic carbocycles. The highest BCUT2D eigenvalue weighted by Crippen LogP contribution is 2.28. The van der Waals surface area contributed by atoms with Crippen molar-refractivity contribution in [3.8, 4) is 0 Å². The van der Waals surface area contributed by atoms with E-state index in [0.717, 1.165) is 36.5 Å². The summed E-state index contributed by atoms with van der Waals surface area (Å²) in [5.41, 5.74) is 0. The van der Waals surface area contributed by atoms with E-state index in [4.69, 9.17) is 0 Å². The molecule has 2 rings (SSSR count). The monoisotopic (exact) mass is 262 g/mol. The van der Waals surface area contributed by atoms with Gasteiger partial charge in [0.1, 0.15) is 17.5 Å². The molecule has 1 heterocycles. The Hall–Kier alpha value is -1.32. The number of hydrogen-bond donors (Lipinski definition) is 2. The molecule has 19 heavy (non-hydrogen) atoms. The largest absolute Gasteiger partial charge is 0.370 e. The molecule has 0 amide bonds. The number of rotatable bonds is 7. The molecule has 1 fully saturated rings. The Kier molecular flexibility index (Phi) is 5.43. The number of aryl methyl sites for hydroxylation is 1. The Morgan fingerprint density at radius 1 is 1.16 bits per heavy atom. The van der Waals surface area contributed by atoms with Crippen molar-refractivity contribution in [2.24, 2.45) is 5.92 Å². The predicted molar refractivity (Wildman–Crippen MR) is 80.6 cm³/mol. The second-order valence-electron chi connectivity index (χ2n) is 5.44. The third kappa shape index (κ3) is 4.69. The smallest absolute Gasteiger partial charge is 0.131 e. The maximum absolute atomic E-state index is 4.42. The summed E-state index contributed by atoms with van der Waals surface area (Å²) in [6, 6.07) is 1.99. The molecular weight excluding hydrogens is 236 g/mol. The third-order valence-corrected chi connectivity index (χ3v) is 3.77. The Bertz CT molecular complexity index is 386. The molecule has 0 bridgehead atoms. The first kappa shape index (κ1) is 14.1. The van der Waals surface area contributed by atoms with Gasteiger partial charge in [-0.1, -0.05) is 25.7 Å². The van der Waals surface area contributed by atoms with Crippen molar-refractivity contribution in [3.05, 3.63) is 11.9 Å². The van der Waals surface area contributed by atoms with Crippen LogP contribution in [0.2, 0.25) is 0 Å². The van der Waals surface area contributed by atoms with Gasteiger partial charge in [0.05, 0.1) is 0 Å². The van der Waals surface area contributed by atoms with Crippen LogP contribution >= 0.6 is 0 Å². The van der Waals surface area contributed by atoms with Crippen molar-refractivity contribution < 1.29 is 0 Å². The highest BCUT2D eigenvalue weighted by atomic mass is 15.1. The molecule has 4 heteroatoms. The molecule has 1 saturated carbocycles. The van der Waals surface area contributed by atoms with E-state index >= 15 is 0 Å². The maximum Gasteiger partial charge on any atom is 0.131 e. The molecule has 2 N–H and O–H groups in total. The van der Waals surface area contributed by atoms with Gasteiger partial charge in [-0.25, -0.2) is 9.97 Å². The minimum Gasteiger partial charge on any atom is -0.370 e. The number of nitrogens with one attached hydrogen (secondary N) is 2. The van der Waals surface area contributed by atoms with E-state index in [1.54, 1.807) is 0 Å². The fourth-order valence-corrected chi connectivity index (χ4v) is 2.84. The van der Waals surface area contributed by atoms with Gasteiger partial charge < -0.3 is 10.6 Å². The van der Waals surface area contributed by atoms with Crippen LogP contribution in [0.25, 0.3) is 0 Å². The summed E-state index contributed by atoms with van der Waals surface area (Å²) in [5.74, 6) is 3.64. The first-order valence-corrected chi connectivity index (χ1v) is 7.61. The van der Waals surface area contributed by atoms with Crippen molar-refractivity contribution in [2.45, 2.75) is 52.4 Å². The van der Waals surface area contributed by atoms with Crippen LogP contribution in [0.3, 0.4) is 0 Å². The van der Waals surface area contributed by atoms with E-state index in [0.29, 0.717) is 0 Å². The predicted octanol–water partition coefficient (Wildman–Crippen LogP) is 3.60. The number of aromatic nitrogens is 2. The Balaban J connectivity index is 1.75. The van der Waals surface area contributed by atoms with E-state index in [9.17, 15) is 0 Å². The minimum absolute atomic E-state index is 0.816. The highest BCUT2D eigenvalue weighted by molar-refractivity contribution is 5.47. The Morgan fingerprint density at radius 2 is 1.84 bits per heavy atom. The molecule has 0 atom stereocenters. The van der Waals surface area contributed by atoms with Crippen molar-refractivity contribution in [1.82, 2.24) is 9.97 Å². The van der Waals surface area contributed by atoms with Crippen LogP contribution in [0.1, 0.15) is 51.3 Å². The van der Waals surface area contributed by atoms with Crippen molar-refractivity contribution in [2.75, 3.05) is 23.7 Å². The summed E-state index contributed by atoms with van der Waals surface area (Å²) in [6.45, 7) is 5.91. The van der Waals surface area contributed by atoms with Crippen LogP contribution in [0, 0.1) is 12.8 Å². The summed E-state index contributed by atoms with van der Waals surface area (Å²) >= 11 is 0. The molecule has 0 unspecified atom stereocenters. The van der Waals surface area contributed by atoms with Gasteiger partial charge in [-0.15, -0.1) is 0 Å². The normalized spacial score (nSPS) is 15.7. The zero-order valence-corrected chi connectivity index (χ0v) is 12.2. The first-order chi connectivity index (χ1) is 9.28. The molecular formula is C15H26N4. The molecule has 0 saturated heterocycles. The van der Waals surface area contributed by atoms with Gasteiger partial charge in [-0.3, -0.25) is 0 Å². The van der Waals surface area contributed by atoms with Gasteiger partial charge in [0, 0.05) is 19.2 Å². The van der Waals surface area contributed by atoms with Crippen LogP contribution in [-0.4, -0.2) is 23.1 Å². The Morgan fingerprint density at radius 3 is 2.53 bits per heavy atom. The van der Waals surface area contributed by atoms with Crippen molar-refractivity contribution >= 4 is 11.6 Å². The molecule has 0 radical (unpaired) electrons. The fraction of sp³-hybridized carbons (Fsp3) is 0.733. The average Bonchev–Trinajstić information content (AvgIpc) is 2.87. The van der Waals surface area contributed by atoms with Crippen LogP contribution in [0.15, 0.2) is 6.07 Å². The van der Waals surface area contributed by atoms with Crippen LogP contribution < -0.4 is 10.6 Å². The topological polar surface area (TPSA) is 49.8 Å². The Labute approximate surface area is 116 Å². The van der Waals surface area contributed by atoms with Gasteiger partial charge in [-0.2, -0.15) is 0 Å². The molecule has 1 aromatic heterocycles. The highest BCUT2D eigenvalue weighted by Gasteiger charge is 2.13. The lowest BCUT2D eigenvalue weighted by Gasteiger charge is -2.11. The van der Waals surface area contributed by atoms with Gasteiger partial charge in [0.25, 0.3) is 0 Å². The van der Waals surface area contributed by atoms with E-state index in [2.05, 4.69) is 27.5 Å². The molecule has 0 aliphatic heterocycles. The summed E-state index contributed by atoms with van der Waals surface area (Å²) < 4.78 is 0. The second kappa shape index (κ2) is 7.31. The lowest BCUT2D eigenvalue weighted by molar-refractivity contribution is 0.491. The van der Waals surface area contributed by atoms with Crippen LogP contribution in [0.4, 0.5) is 11.6 Å². The standard InChI is InChI=1S/C15H26N4/c1-3-16-14-11-15(19-12(2)18-14)17-10-6-9-13-7-4-5-8-13/h11,13H,3-10H2,1-2H3,(H2,16,17,18,19). The van der Waals surface area contributed by atoms with Crippen molar-refractivity contribution in [1.29, 1.82) is 0 Å². The van der Waals surface area contributed by atoms with Gasteiger partial charge >= 0.3 is 0 Å².